The van der Waals surface area contributed by atoms with Crippen molar-refractivity contribution in [2.75, 3.05) is 26.8 Å². The Kier molecular flexibility index (Phi) is 4.96. The van der Waals surface area contributed by atoms with Crippen LogP contribution in [0.1, 0.15) is 0 Å². The molecule has 0 spiro atoms. The van der Waals surface area contributed by atoms with Crippen LogP contribution in [0, 0.1) is 0 Å². The summed E-state index contributed by atoms with van der Waals surface area (Å²) in [5.74, 6) is 0.349. The molecule has 0 fully saturated rings. The molecule has 0 unspecified atom stereocenters. The van der Waals surface area contributed by atoms with E-state index in [9.17, 15) is 9.59 Å². The van der Waals surface area contributed by atoms with Crippen LogP contribution in [0.4, 0.5) is 4.79 Å². The summed E-state index contributed by atoms with van der Waals surface area (Å²) in [6.45, 7) is 1.50. The number of ether oxygens (including phenoxy) is 2. The van der Waals surface area contributed by atoms with E-state index < -0.39 is 6.09 Å². The first-order valence-electron chi connectivity index (χ1n) is 6.53. The number of nitrogens with two attached hydrogens (primary N) is 1. The molecule has 4 N–H and O–H groups in total. The van der Waals surface area contributed by atoms with Gasteiger partial charge in [0.2, 0.25) is 0 Å². The molecule has 1 aromatic carbocycles. The second kappa shape index (κ2) is 6.91. The van der Waals surface area contributed by atoms with E-state index in [-0.39, 0.29) is 5.69 Å². The van der Waals surface area contributed by atoms with Gasteiger partial charge in [-0.2, -0.15) is 0 Å². The van der Waals surface area contributed by atoms with E-state index in [0.29, 0.717) is 43.0 Å². The Morgan fingerprint density at radius 2 is 2.29 bits per heavy atom. The number of H-pyrrole nitrogens is 1. The van der Waals surface area contributed by atoms with E-state index in [0.717, 1.165) is 0 Å². The lowest BCUT2D eigenvalue weighted by Gasteiger charge is -2.07. The van der Waals surface area contributed by atoms with Crippen LogP contribution in [0.2, 0.25) is 0 Å². The number of hydrogen-bond donors (Lipinski definition) is 3. The second-order valence-electron chi connectivity index (χ2n) is 4.36. The summed E-state index contributed by atoms with van der Waals surface area (Å²) in [5, 5.41) is 2.54. The molecule has 0 aliphatic heterocycles. The second-order valence-corrected chi connectivity index (χ2v) is 4.36. The Morgan fingerprint density at radius 1 is 1.48 bits per heavy atom. The number of carbonyl (C=O) groups excluding carboxylic acids is 1. The van der Waals surface area contributed by atoms with Crippen LogP contribution in [0.15, 0.2) is 23.0 Å². The normalized spacial score (nSPS) is 10.8. The van der Waals surface area contributed by atoms with Crippen LogP contribution in [-0.4, -0.2) is 42.5 Å². The van der Waals surface area contributed by atoms with Crippen molar-refractivity contribution in [2.45, 2.75) is 6.54 Å². The number of nitrogens with zero attached hydrogens (tertiary/aromatic N) is 1. The predicted molar refractivity (Wildman–Crippen MR) is 77.5 cm³/mol. The monoisotopic (exact) mass is 294 g/mol. The van der Waals surface area contributed by atoms with Crippen LogP contribution >= 0.6 is 0 Å². The van der Waals surface area contributed by atoms with Crippen molar-refractivity contribution in [3.05, 3.63) is 28.7 Å². The highest BCUT2D eigenvalue weighted by molar-refractivity contribution is 5.78. The largest absolute Gasteiger partial charge is 0.412 e. The first-order valence-corrected chi connectivity index (χ1v) is 6.53. The number of carbonyl (C=O) groups is 1. The van der Waals surface area contributed by atoms with Gasteiger partial charge in [-0.1, -0.05) is 0 Å². The minimum absolute atomic E-state index is 0.239. The standard InChI is InChI=1S/C13H18N4O4/c1-20-7-5-15-13(19)21-9-2-3-10-11(8-9)17(6-4-14)12(18)16-10/h2-3,8H,4-7,14H2,1H3,(H,15,19)(H,16,18). The number of benzene rings is 1. The molecule has 0 saturated carbocycles. The number of aromatic amines is 1. The topological polar surface area (TPSA) is 111 Å². The number of methoxy groups -OCH3 is 1. The molecule has 114 valence electrons. The molecule has 0 radical (unpaired) electrons. The molecule has 8 nitrogen and oxygen atoms in total. The van der Waals surface area contributed by atoms with Gasteiger partial charge in [0.15, 0.2) is 0 Å². The zero-order chi connectivity index (χ0) is 15.2. The van der Waals surface area contributed by atoms with Gasteiger partial charge in [0.05, 0.1) is 17.6 Å². The average Bonchev–Trinajstić information content (AvgIpc) is 2.76. The maximum absolute atomic E-state index is 11.8. The molecule has 8 heteroatoms. The van der Waals surface area contributed by atoms with Crippen molar-refractivity contribution in [1.29, 1.82) is 0 Å². The van der Waals surface area contributed by atoms with E-state index in [2.05, 4.69) is 10.3 Å². The van der Waals surface area contributed by atoms with E-state index >= 15 is 0 Å². The maximum atomic E-state index is 11.8. The third kappa shape index (κ3) is 3.61. The molecule has 1 heterocycles. The predicted octanol–water partition coefficient (Wildman–Crippen LogP) is 0.0231. The molecule has 0 aliphatic carbocycles. The molecule has 1 aromatic heterocycles. The number of imidazole rings is 1. The molecular weight excluding hydrogens is 276 g/mol. The highest BCUT2D eigenvalue weighted by atomic mass is 16.6. The molecular formula is C13H18N4O4. The lowest BCUT2D eigenvalue weighted by Crippen LogP contribution is -2.29. The van der Waals surface area contributed by atoms with Crippen molar-refractivity contribution >= 4 is 17.1 Å². The third-order valence-electron chi connectivity index (χ3n) is 2.89. The average molecular weight is 294 g/mol. The van der Waals surface area contributed by atoms with Gasteiger partial charge in [0.1, 0.15) is 5.75 Å². The summed E-state index contributed by atoms with van der Waals surface area (Å²) in [6, 6.07) is 4.92. The van der Waals surface area contributed by atoms with Gasteiger partial charge >= 0.3 is 11.8 Å². The summed E-state index contributed by atoms with van der Waals surface area (Å²) in [4.78, 5) is 26.0. The molecule has 0 bridgehead atoms. The fourth-order valence-electron chi connectivity index (χ4n) is 1.95. The Hall–Kier alpha value is -2.32. The highest BCUT2D eigenvalue weighted by Gasteiger charge is 2.09. The molecule has 0 saturated heterocycles. The van der Waals surface area contributed by atoms with Crippen molar-refractivity contribution in [2.24, 2.45) is 5.73 Å². The van der Waals surface area contributed by atoms with Crippen LogP contribution in [-0.2, 0) is 11.3 Å². The van der Waals surface area contributed by atoms with Gasteiger partial charge in [-0.3, -0.25) is 4.57 Å². The maximum Gasteiger partial charge on any atom is 0.412 e. The highest BCUT2D eigenvalue weighted by Crippen LogP contribution is 2.18. The lowest BCUT2D eigenvalue weighted by atomic mass is 10.3. The fourth-order valence-corrected chi connectivity index (χ4v) is 1.95. The third-order valence-corrected chi connectivity index (χ3v) is 2.89. The van der Waals surface area contributed by atoms with Gasteiger partial charge in [-0.05, 0) is 12.1 Å². The number of nitrogens with one attached hydrogen (secondary N) is 2. The van der Waals surface area contributed by atoms with Gasteiger partial charge in [0, 0.05) is 32.8 Å². The van der Waals surface area contributed by atoms with E-state index in [4.69, 9.17) is 15.2 Å². The summed E-state index contributed by atoms with van der Waals surface area (Å²) >= 11 is 0. The summed E-state index contributed by atoms with van der Waals surface area (Å²) in [7, 11) is 1.55. The molecule has 21 heavy (non-hydrogen) atoms. The first-order chi connectivity index (χ1) is 10.2. The molecule has 2 rings (SSSR count). The van der Waals surface area contributed by atoms with Gasteiger partial charge in [-0.15, -0.1) is 0 Å². The van der Waals surface area contributed by atoms with Gasteiger partial charge in [0.25, 0.3) is 0 Å². The number of rotatable bonds is 6. The number of hydrogen-bond acceptors (Lipinski definition) is 5. The number of fused-ring (bicyclic) bond motifs is 1. The van der Waals surface area contributed by atoms with Gasteiger partial charge in [-0.25, -0.2) is 9.59 Å². The number of amides is 1. The zero-order valence-electron chi connectivity index (χ0n) is 11.7. The molecule has 2 aromatic rings. The lowest BCUT2D eigenvalue weighted by molar-refractivity contribution is 0.180. The zero-order valence-corrected chi connectivity index (χ0v) is 11.7. The van der Waals surface area contributed by atoms with Crippen molar-refractivity contribution in [3.63, 3.8) is 0 Å². The van der Waals surface area contributed by atoms with Crippen molar-refractivity contribution in [1.82, 2.24) is 14.9 Å². The van der Waals surface area contributed by atoms with Crippen LogP contribution in [0.5, 0.6) is 5.75 Å². The van der Waals surface area contributed by atoms with Crippen LogP contribution in [0.3, 0.4) is 0 Å². The van der Waals surface area contributed by atoms with Crippen LogP contribution in [0.25, 0.3) is 11.0 Å². The Labute approximate surface area is 120 Å². The van der Waals surface area contributed by atoms with E-state index in [1.54, 1.807) is 25.3 Å². The van der Waals surface area contributed by atoms with Crippen molar-refractivity contribution in [3.8, 4) is 5.75 Å². The number of aromatic nitrogens is 2. The summed E-state index contributed by atoms with van der Waals surface area (Å²) < 4.78 is 11.5. The summed E-state index contributed by atoms with van der Waals surface area (Å²) in [6.07, 6.45) is -0.574. The van der Waals surface area contributed by atoms with E-state index in [1.807, 2.05) is 0 Å². The quantitative estimate of drug-likeness (QED) is 0.650. The minimum Gasteiger partial charge on any atom is -0.410 e. The minimum atomic E-state index is -0.574. The molecule has 0 aliphatic rings. The first kappa shape index (κ1) is 15.1. The summed E-state index contributed by atoms with van der Waals surface area (Å²) in [5.41, 5.74) is 6.56. The smallest absolute Gasteiger partial charge is 0.410 e. The fraction of sp³-hybridized carbons (Fsp3) is 0.385. The Balaban J connectivity index is 2.16. The SMILES string of the molecule is COCCNC(=O)Oc1ccc2[nH]c(=O)n(CCN)c2c1. The molecule has 1 amide bonds. The Morgan fingerprint density at radius 3 is 3.00 bits per heavy atom. The van der Waals surface area contributed by atoms with E-state index in [1.165, 1.54) is 4.57 Å². The Bertz CT molecular complexity index is 676. The molecule has 0 atom stereocenters. The van der Waals surface area contributed by atoms with Crippen molar-refractivity contribution < 1.29 is 14.3 Å². The van der Waals surface area contributed by atoms with Crippen LogP contribution < -0.4 is 21.5 Å². The van der Waals surface area contributed by atoms with Gasteiger partial charge < -0.3 is 25.5 Å².